The van der Waals surface area contributed by atoms with E-state index in [0.29, 0.717) is 26.4 Å². The third-order valence-electron chi connectivity index (χ3n) is 1.15. The standard InChI is InChI=1S/C8H16O4/c1-3-8(9)12-7-6-11-5-4-10-2/h3,8-9H,1,4-7H2,2H3. The molecule has 0 saturated heterocycles. The van der Waals surface area contributed by atoms with Crippen molar-refractivity contribution in [2.75, 3.05) is 33.5 Å². The molecule has 1 unspecified atom stereocenters. The van der Waals surface area contributed by atoms with E-state index in [1.54, 1.807) is 7.11 Å². The number of aliphatic hydroxyl groups excluding tert-OH is 1. The number of rotatable bonds is 8. The molecule has 0 aliphatic carbocycles. The van der Waals surface area contributed by atoms with Crippen LogP contribution in [0.2, 0.25) is 0 Å². The number of hydrogen-bond acceptors (Lipinski definition) is 4. The van der Waals surface area contributed by atoms with Gasteiger partial charge in [0, 0.05) is 7.11 Å². The van der Waals surface area contributed by atoms with Crippen LogP contribution in [0.1, 0.15) is 0 Å². The molecule has 0 heterocycles. The maximum Gasteiger partial charge on any atom is 0.173 e. The van der Waals surface area contributed by atoms with Gasteiger partial charge in [-0.1, -0.05) is 6.58 Å². The quantitative estimate of drug-likeness (QED) is 0.325. The lowest BCUT2D eigenvalue weighted by atomic mass is 10.6. The van der Waals surface area contributed by atoms with Crippen LogP contribution in [0.15, 0.2) is 12.7 Å². The molecule has 72 valence electrons. The molecule has 0 radical (unpaired) electrons. The van der Waals surface area contributed by atoms with Crippen molar-refractivity contribution in [3.8, 4) is 0 Å². The molecule has 4 nitrogen and oxygen atoms in total. The summed E-state index contributed by atoms with van der Waals surface area (Å²) >= 11 is 0. The van der Waals surface area contributed by atoms with Crippen molar-refractivity contribution in [3.05, 3.63) is 12.7 Å². The molecule has 0 aromatic rings. The highest BCUT2D eigenvalue weighted by Gasteiger charge is 1.95. The first kappa shape index (κ1) is 11.6. The molecule has 0 spiro atoms. The molecule has 0 rings (SSSR count). The van der Waals surface area contributed by atoms with Crippen LogP contribution in [0.4, 0.5) is 0 Å². The molecule has 0 bridgehead atoms. The zero-order chi connectivity index (χ0) is 9.23. The normalized spacial score (nSPS) is 12.8. The van der Waals surface area contributed by atoms with Gasteiger partial charge in [0.1, 0.15) is 0 Å². The van der Waals surface area contributed by atoms with E-state index in [4.69, 9.17) is 19.3 Å². The summed E-state index contributed by atoms with van der Waals surface area (Å²) in [7, 11) is 1.61. The summed E-state index contributed by atoms with van der Waals surface area (Å²) in [6.07, 6.45) is 0.422. The van der Waals surface area contributed by atoms with Gasteiger partial charge in [-0.2, -0.15) is 0 Å². The number of aliphatic hydroxyl groups is 1. The van der Waals surface area contributed by atoms with Gasteiger partial charge in [-0.05, 0) is 6.08 Å². The van der Waals surface area contributed by atoms with Gasteiger partial charge in [0.25, 0.3) is 0 Å². The van der Waals surface area contributed by atoms with Crippen LogP contribution in [0.25, 0.3) is 0 Å². The van der Waals surface area contributed by atoms with Crippen molar-refractivity contribution in [2.45, 2.75) is 6.29 Å². The number of ether oxygens (including phenoxy) is 3. The van der Waals surface area contributed by atoms with Crippen LogP contribution in [0.3, 0.4) is 0 Å². The highest BCUT2D eigenvalue weighted by molar-refractivity contribution is 4.69. The number of methoxy groups -OCH3 is 1. The van der Waals surface area contributed by atoms with E-state index in [9.17, 15) is 0 Å². The van der Waals surface area contributed by atoms with Gasteiger partial charge in [-0.15, -0.1) is 0 Å². The molecule has 0 aliphatic rings. The molecule has 0 fully saturated rings. The molecule has 0 amide bonds. The average molecular weight is 176 g/mol. The van der Waals surface area contributed by atoms with Crippen LogP contribution in [-0.2, 0) is 14.2 Å². The first-order valence-electron chi connectivity index (χ1n) is 3.80. The van der Waals surface area contributed by atoms with Crippen LogP contribution in [-0.4, -0.2) is 44.9 Å². The van der Waals surface area contributed by atoms with Crippen molar-refractivity contribution in [3.63, 3.8) is 0 Å². The topological polar surface area (TPSA) is 47.9 Å². The van der Waals surface area contributed by atoms with Gasteiger partial charge in [-0.3, -0.25) is 0 Å². The first-order chi connectivity index (χ1) is 5.81. The third kappa shape index (κ3) is 7.68. The Bertz CT molecular complexity index is 105. The zero-order valence-electron chi connectivity index (χ0n) is 7.36. The second-order valence-corrected chi connectivity index (χ2v) is 2.10. The number of hydrogen-bond donors (Lipinski definition) is 1. The second kappa shape index (κ2) is 8.67. The van der Waals surface area contributed by atoms with E-state index in [2.05, 4.69) is 6.58 Å². The Labute approximate surface area is 72.7 Å². The fourth-order valence-electron chi connectivity index (χ4n) is 0.540. The summed E-state index contributed by atoms with van der Waals surface area (Å²) in [5.41, 5.74) is 0. The lowest BCUT2D eigenvalue weighted by Gasteiger charge is -2.07. The molecule has 1 atom stereocenters. The van der Waals surface area contributed by atoms with Crippen LogP contribution < -0.4 is 0 Å². The largest absolute Gasteiger partial charge is 0.382 e. The van der Waals surface area contributed by atoms with E-state index < -0.39 is 6.29 Å². The van der Waals surface area contributed by atoms with Gasteiger partial charge < -0.3 is 19.3 Å². The summed E-state index contributed by atoms with van der Waals surface area (Å²) in [6.45, 7) is 5.28. The van der Waals surface area contributed by atoms with Crippen molar-refractivity contribution in [2.24, 2.45) is 0 Å². The predicted octanol–water partition coefficient (Wildman–Crippen LogP) is 0.170. The lowest BCUT2D eigenvalue weighted by Crippen LogP contribution is -2.14. The Hall–Kier alpha value is -0.420. The van der Waals surface area contributed by atoms with Crippen LogP contribution >= 0.6 is 0 Å². The molecule has 1 N–H and O–H groups in total. The lowest BCUT2D eigenvalue weighted by molar-refractivity contribution is -0.0829. The van der Waals surface area contributed by atoms with Gasteiger partial charge in [-0.25, -0.2) is 0 Å². The molecule has 0 aliphatic heterocycles. The maximum atomic E-state index is 8.84. The highest BCUT2D eigenvalue weighted by atomic mass is 16.6. The Kier molecular flexibility index (Phi) is 8.37. The molecule has 12 heavy (non-hydrogen) atoms. The first-order valence-corrected chi connectivity index (χ1v) is 3.80. The minimum Gasteiger partial charge on any atom is -0.382 e. The molecular weight excluding hydrogens is 160 g/mol. The monoisotopic (exact) mass is 176 g/mol. The summed E-state index contributed by atoms with van der Waals surface area (Å²) in [4.78, 5) is 0. The summed E-state index contributed by atoms with van der Waals surface area (Å²) < 4.78 is 14.7. The van der Waals surface area contributed by atoms with Crippen molar-refractivity contribution in [1.29, 1.82) is 0 Å². The molecule has 0 saturated carbocycles. The summed E-state index contributed by atoms with van der Waals surface area (Å²) in [6, 6.07) is 0. The van der Waals surface area contributed by atoms with Crippen molar-refractivity contribution < 1.29 is 19.3 Å². The van der Waals surface area contributed by atoms with E-state index >= 15 is 0 Å². The van der Waals surface area contributed by atoms with Gasteiger partial charge in [0.15, 0.2) is 6.29 Å². The van der Waals surface area contributed by atoms with Crippen molar-refractivity contribution >= 4 is 0 Å². The van der Waals surface area contributed by atoms with Gasteiger partial charge in [0.05, 0.1) is 26.4 Å². The zero-order valence-corrected chi connectivity index (χ0v) is 7.36. The van der Waals surface area contributed by atoms with Crippen LogP contribution in [0.5, 0.6) is 0 Å². The van der Waals surface area contributed by atoms with E-state index in [1.165, 1.54) is 6.08 Å². The molecule has 0 aromatic heterocycles. The second-order valence-electron chi connectivity index (χ2n) is 2.10. The SMILES string of the molecule is C=CC(O)OCCOCCOC. The Morgan fingerprint density at radius 2 is 2.00 bits per heavy atom. The van der Waals surface area contributed by atoms with E-state index in [-0.39, 0.29) is 0 Å². The molecule has 0 aromatic carbocycles. The fourth-order valence-corrected chi connectivity index (χ4v) is 0.540. The van der Waals surface area contributed by atoms with E-state index in [1.807, 2.05) is 0 Å². The minimum atomic E-state index is -0.893. The van der Waals surface area contributed by atoms with E-state index in [0.717, 1.165) is 0 Å². The smallest absolute Gasteiger partial charge is 0.173 e. The average Bonchev–Trinajstić information content (AvgIpc) is 2.10. The predicted molar refractivity (Wildman–Crippen MR) is 44.9 cm³/mol. The molecule has 4 heteroatoms. The summed E-state index contributed by atoms with van der Waals surface area (Å²) in [5.74, 6) is 0. The van der Waals surface area contributed by atoms with Gasteiger partial charge in [0.2, 0.25) is 0 Å². The molecular formula is C8H16O4. The fraction of sp³-hybridized carbons (Fsp3) is 0.750. The van der Waals surface area contributed by atoms with Crippen LogP contribution in [0, 0.1) is 0 Å². The Balaban J connectivity index is 2.95. The van der Waals surface area contributed by atoms with Crippen molar-refractivity contribution in [1.82, 2.24) is 0 Å². The highest BCUT2D eigenvalue weighted by Crippen LogP contribution is 1.87. The third-order valence-corrected chi connectivity index (χ3v) is 1.15. The Morgan fingerprint density at radius 1 is 1.33 bits per heavy atom. The summed E-state index contributed by atoms with van der Waals surface area (Å²) in [5, 5.41) is 8.84. The van der Waals surface area contributed by atoms with Gasteiger partial charge >= 0.3 is 0 Å². The Morgan fingerprint density at radius 3 is 2.58 bits per heavy atom. The maximum absolute atomic E-state index is 8.84. The minimum absolute atomic E-state index is 0.358.